The van der Waals surface area contributed by atoms with Crippen LogP contribution >= 0.6 is 0 Å². The van der Waals surface area contributed by atoms with Crippen LogP contribution < -0.4 is 5.32 Å². The molecule has 0 saturated heterocycles. The summed E-state index contributed by atoms with van der Waals surface area (Å²) in [5.74, 6) is 1.72. The minimum atomic E-state index is 0.832. The molecule has 0 bridgehead atoms. The van der Waals surface area contributed by atoms with Gasteiger partial charge in [0.2, 0.25) is 0 Å². The lowest BCUT2D eigenvalue weighted by molar-refractivity contribution is 0.493. The van der Waals surface area contributed by atoms with Crippen LogP contribution in [-0.4, -0.2) is 18.1 Å². The lowest BCUT2D eigenvalue weighted by Gasteiger charge is -2.03. The van der Waals surface area contributed by atoms with E-state index in [4.69, 9.17) is 4.42 Å². The number of aromatic nitrogens is 1. The molecule has 0 radical (unpaired) electrons. The van der Waals surface area contributed by atoms with Crippen molar-refractivity contribution in [3.05, 3.63) is 41.9 Å². The fourth-order valence-electron chi connectivity index (χ4n) is 2.16. The summed E-state index contributed by atoms with van der Waals surface area (Å²) in [5.41, 5.74) is 2.47. The van der Waals surface area contributed by atoms with Gasteiger partial charge in [0.05, 0.1) is 6.20 Å². The van der Waals surface area contributed by atoms with Gasteiger partial charge >= 0.3 is 0 Å². The van der Waals surface area contributed by atoms with E-state index >= 15 is 0 Å². The van der Waals surface area contributed by atoms with Crippen molar-refractivity contribution in [3.63, 3.8) is 0 Å². The van der Waals surface area contributed by atoms with Crippen molar-refractivity contribution in [3.8, 4) is 11.3 Å². The number of hydrogen-bond acceptors (Lipinski definition) is 3. The third-order valence-corrected chi connectivity index (χ3v) is 3.21. The minimum Gasteiger partial charge on any atom is -0.441 e. The van der Waals surface area contributed by atoms with Gasteiger partial charge in [0.15, 0.2) is 11.7 Å². The van der Waals surface area contributed by atoms with Crippen LogP contribution in [0.2, 0.25) is 0 Å². The molecule has 0 aliphatic rings. The first-order valence-corrected chi connectivity index (χ1v) is 7.08. The Labute approximate surface area is 115 Å². The molecule has 2 aromatic rings. The van der Waals surface area contributed by atoms with Gasteiger partial charge in [0.1, 0.15) is 0 Å². The van der Waals surface area contributed by atoms with E-state index < -0.39 is 0 Å². The Morgan fingerprint density at radius 3 is 2.84 bits per heavy atom. The first-order valence-electron chi connectivity index (χ1n) is 7.08. The molecule has 0 saturated carbocycles. The number of aryl methyl sites for hydroxylation is 2. The first-order chi connectivity index (χ1) is 9.35. The number of nitrogens with one attached hydrogen (secondary N) is 1. The van der Waals surface area contributed by atoms with Gasteiger partial charge in [-0.1, -0.05) is 38.1 Å². The van der Waals surface area contributed by atoms with E-state index in [2.05, 4.69) is 42.3 Å². The molecule has 1 aromatic heterocycles. The highest BCUT2D eigenvalue weighted by atomic mass is 16.4. The average Bonchev–Trinajstić information content (AvgIpc) is 2.92. The maximum atomic E-state index is 5.85. The van der Waals surface area contributed by atoms with Gasteiger partial charge in [-0.3, -0.25) is 0 Å². The summed E-state index contributed by atoms with van der Waals surface area (Å²) < 4.78 is 5.85. The highest BCUT2D eigenvalue weighted by Crippen LogP contribution is 2.25. The van der Waals surface area contributed by atoms with E-state index in [1.807, 2.05) is 12.3 Å². The molecule has 102 valence electrons. The van der Waals surface area contributed by atoms with Crippen LogP contribution in [0, 0.1) is 0 Å². The molecule has 1 N–H and O–H groups in total. The molecular formula is C16H22N2O. The average molecular weight is 258 g/mol. The predicted molar refractivity (Wildman–Crippen MR) is 78.2 cm³/mol. The van der Waals surface area contributed by atoms with Gasteiger partial charge in [-0.15, -0.1) is 0 Å². The smallest absolute Gasteiger partial charge is 0.194 e. The summed E-state index contributed by atoms with van der Waals surface area (Å²) in [4.78, 5) is 4.37. The molecule has 2 rings (SSSR count). The fraction of sp³-hybridized carbons (Fsp3) is 0.438. The summed E-state index contributed by atoms with van der Waals surface area (Å²) in [5, 5.41) is 3.31. The Morgan fingerprint density at radius 1 is 1.21 bits per heavy atom. The number of rotatable bonds is 7. The molecule has 0 aliphatic heterocycles. The van der Waals surface area contributed by atoms with Crippen LogP contribution in [0.4, 0.5) is 0 Å². The van der Waals surface area contributed by atoms with Gasteiger partial charge in [-0.2, -0.15) is 0 Å². The van der Waals surface area contributed by atoms with Crippen LogP contribution in [0.15, 0.2) is 34.9 Å². The van der Waals surface area contributed by atoms with E-state index in [0.29, 0.717) is 0 Å². The standard InChI is InChI=1S/C16H22N2O/c1-3-13-8-5-6-9-14(13)15-12-18-16(19-15)10-7-11-17-4-2/h5-6,8-9,12,17H,3-4,7,10-11H2,1-2H3. The quantitative estimate of drug-likeness (QED) is 0.773. The van der Waals surface area contributed by atoms with Crippen molar-refractivity contribution in [2.75, 3.05) is 13.1 Å². The molecular weight excluding hydrogens is 236 g/mol. The third kappa shape index (κ3) is 3.67. The maximum absolute atomic E-state index is 5.85. The number of nitrogens with zero attached hydrogens (tertiary/aromatic N) is 1. The Kier molecular flexibility index (Phi) is 5.16. The van der Waals surface area contributed by atoms with Crippen LogP contribution in [0.3, 0.4) is 0 Å². The maximum Gasteiger partial charge on any atom is 0.194 e. The number of hydrogen-bond donors (Lipinski definition) is 1. The molecule has 1 heterocycles. The second-order valence-corrected chi connectivity index (χ2v) is 4.59. The molecule has 3 nitrogen and oxygen atoms in total. The Hall–Kier alpha value is -1.61. The number of oxazole rings is 1. The zero-order chi connectivity index (χ0) is 13.5. The van der Waals surface area contributed by atoms with Gasteiger partial charge in [-0.25, -0.2) is 4.98 Å². The Balaban J connectivity index is 2.04. The van der Waals surface area contributed by atoms with Crippen LogP contribution in [-0.2, 0) is 12.8 Å². The third-order valence-electron chi connectivity index (χ3n) is 3.21. The highest BCUT2D eigenvalue weighted by Gasteiger charge is 2.09. The van der Waals surface area contributed by atoms with E-state index in [0.717, 1.165) is 49.6 Å². The highest BCUT2D eigenvalue weighted by molar-refractivity contribution is 5.61. The largest absolute Gasteiger partial charge is 0.441 e. The van der Waals surface area contributed by atoms with Crippen molar-refractivity contribution in [1.82, 2.24) is 10.3 Å². The normalized spacial score (nSPS) is 10.8. The molecule has 19 heavy (non-hydrogen) atoms. The molecule has 0 spiro atoms. The second-order valence-electron chi connectivity index (χ2n) is 4.59. The van der Waals surface area contributed by atoms with Gasteiger partial charge in [0.25, 0.3) is 0 Å². The SMILES string of the molecule is CCNCCCc1ncc(-c2ccccc2CC)o1. The van der Waals surface area contributed by atoms with Gasteiger partial charge in [0, 0.05) is 12.0 Å². The summed E-state index contributed by atoms with van der Waals surface area (Å²) in [7, 11) is 0. The molecule has 0 atom stereocenters. The van der Waals surface area contributed by atoms with Crippen molar-refractivity contribution in [2.45, 2.75) is 33.1 Å². The Morgan fingerprint density at radius 2 is 2.05 bits per heavy atom. The molecule has 0 amide bonds. The van der Waals surface area contributed by atoms with Crippen molar-refractivity contribution in [1.29, 1.82) is 0 Å². The summed E-state index contributed by atoms with van der Waals surface area (Å²) in [6, 6.07) is 8.35. The van der Waals surface area contributed by atoms with Crippen LogP contribution in [0.1, 0.15) is 31.7 Å². The van der Waals surface area contributed by atoms with E-state index in [9.17, 15) is 0 Å². The minimum absolute atomic E-state index is 0.832. The van der Waals surface area contributed by atoms with E-state index in [1.165, 1.54) is 5.56 Å². The molecule has 0 aliphatic carbocycles. The predicted octanol–water partition coefficient (Wildman–Crippen LogP) is 3.45. The monoisotopic (exact) mass is 258 g/mol. The zero-order valence-corrected chi connectivity index (χ0v) is 11.8. The van der Waals surface area contributed by atoms with Crippen LogP contribution in [0.25, 0.3) is 11.3 Å². The molecule has 1 aromatic carbocycles. The molecule has 0 unspecified atom stereocenters. The zero-order valence-electron chi connectivity index (χ0n) is 11.8. The summed E-state index contributed by atoms with van der Waals surface area (Å²) in [6.07, 6.45) is 4.80. The second kappa shape index (κ2) is 7.10. The lowest BCUT2D eigenvalue weighted by Crippen LogP contribution is -2.14. The van der Waals surface area contributed by atoms with Gasteiger partial charge in [-0.05, 0) is 31.5 Å². The summed E-state index contributed by atoms with van der Waals surface area (Å²) >= 11 is 0. The fourth-order valence-corrected chi connectivity index (χ4v) is 2.16. The van der Waals surface area contributed by atoms with Crippen molar-refractivity contribution < 1.29 is 4.42 Å². The molecule has 3 heteroatoms. The lowest BCUT2D eigenvalue weighted by atomic mass is 10.0. The van der Waals surface area contributed by atoms with Crippen LogP contribution in [0.5, 0.6) is 0 Å². The van der Waals surface area contributed by atoms with Crippen molar-refractivity contribution >= 4 is 0 Å². The number of benzene rings is 1. The summed E-state index contributed by atoms with van der Waals surface area (Å²) in [6.45, 7) is 6.30. The topological polar surface area (TPSA) is 38.1 Å². The Bertz CT molecular complexity index is 505. The first kappa shape index (κ1) is 13.8. The van der Waals surface area contributed by atoms with Gasteiger partial charge < -0.3 is 9.73 Å². The van der Waals surface area contributed by atoms with Crippen molar-refractivity contribution in [2.24, 2.45) is 0 Å². The van der Waals surface area contributed by atoms with E-state index in [-0.39, 0.29) is 0 Å². The molecule has 0 fully saturated rings. The van der Waals surface area contributed by atoms with E-state index in [1.54, 1.807) is 0 Å².